The fourth-order valence-electron chi connectivity index (χ4n) is 1.77. The summed E-state index contributed by atoms with van der Waals surface area (Å²) in [7, 11) is 0. The number of carbonyl (C=O) groups is 1. The first-order chi connectivity index (χ1) is 8.78. The second-order valence-corrected chi connectivity index (χ2v) is 3.94. The van der Waals surface area contributed by atoms with E-state index in [1.54, 1.807) is 0 Å². The molecule has 1 heterocycles. The predicted molar refractivity (Wildman–Crippen MR) is 57.5 cm³/mol. The van der Waals surface area contributed by atoms with Crippen LogP contribution in [-0.2, 0) is 6.42 Å². The number of benzene rings is 1. The van der Waals surface area contributed by atoms with Crippen LogP contribution in [-0.4, -0.2) is 26.9 Å². The van der Waals surface area contributed by atoms with Crippen LogP contribution >= 0.6 is 0 Å². The molecule has 0 unspecified atom stereocenters. The largest absolute Gasteiger partial charge is 0.464 e. The zero-order valence-electron chi connectivity index (χ0n) is 9.41. The summed E-state index contributed by atoms with van der Waals surface area (Å²) in [6.45, 7) is 0. The number of aromatic nitrogens is 2. The minimum atomic E-state index is -4.37. The van der Waals surface area contributed by atoms with Crippen LogP contribution in [0.2, 0.25) is 0 Å². The van der Waals surface area contributed by atoms with E-state index in [-0.39, 0.29) is 16.6 Å². The lowest BCUT2D eigenvalue weighted by Crippen LogP contribution is -2.09. The molecule has 1 N–H and O–H groups in total. The number of carboxylic acid groups (broad SMARTS) is 1. The van der Waals surface area contributed by atoms with Crippen molar-refractivity contribution < 1.29 is 27.5 Å². The SMILES string of the molecule is O=C(O)n1cnc2c(CCC(F)(F)F)cc(F)cc21. The van der Waals surface area contributed by atoms with Crippen molar-refractivity contribution in [3.63, 3.8) is 0 Å². The molecule has 2 aromatic rings. The molecule has 0 bridgehead atoms. The first kappa shape index (κ1) is 13.3. The number of alkyl halides is 3. The van der Waals surface area contributed by atoms with Gasteiger partial charge >= 0.3 is 12.3 Å². The molecule has 0 saturated heterocycles. The van der Waals surface area contributed by atoms with E-state index in [0.29, 0.717) is 4.57 Å². The third-order valence-electron chi connectivity index (χ3n) is 2.58. The molecule has 0 radical (unpaired) electrons. The first-order valence-electron chi connectivity index (χ1n) is 5.23. The standard InChI is InChI=1S/C11H8F4N2O2/c12-7-3-6(1-2-11(13,14)15)9-8(4-7)17(5-16-9)10(18)19/h3-5H,1-2H2,(H,18,19). The van der Waals surface area contributed by atoms with Gasteiger partial charge < -0.3 is 5.11 Å². The van der Waals surface area contributed by atoms with Gasteiger partial charge in [-0.3, -0.25) is 0 Å². The highest BCUT2D eigenvalue weighted by molar-refractivity contribution is 5.87. The van der Waals surface area contributed by atoms with Gasteiger partial charge in [0.1, 0.15) is 12.1 Å². The summed E-state index contributed by atoms with van der Waals surface area (Å²) in [5, 5.41) is 8.83. The zero-order chi connectivity index (χ0) is 14.2. The van der Waals surface area contributed by atoms with E-state index in [9.17, 15) is 22.4 Å². The number of imidazole rings is 1. The van der Waals surface area contributed by atoms with Gasteiger partial charge in [-0.05, 0) is 18.1 Å². The molecule has 2 rings (SSSR count). The van der Waals surface area contributed by atoms with Gasteiger partial charge in [-0.25, -0.2) is 18.7 Å². The fraction of sp³-hybridized carbons (Fsp3) is 0.273. The Hall–Kier alpha value is -2.12. The van der Waals surface area contributed by atoms with Gasteiger partial charge in [-0.1, -0.05) is 0 Å². The summed E-state index contributed by atoms with van der Waals surface area (Å²) in [6.07, 6.45) is -6.38. The number of aryl methyl sites for hydroxylation is 1. The Morgan fingerprint density at radius 1 is 1.37 bits per heavy atom. The van der Waals surface area contributed by atoms with E-state index in [0.717, 1.165) is 18.5 Å². The monoisotopic (exact) mass is 276 g/mol. The molecule has 4 nitrogen and oxygen atoms in total. The zero-order valence-corrected chi connectivity index (χ0v) is 9.41. The summed E-state index contributed by atoms with van der Waals surface area (Å²) < 4.78 is 50.5. The van der Waals surface area contributed by atoms with E-state index in [4.69, 9.17) is 5.11 Å². The van der Waals surface area contributed by atoms with Crippen molar-refractivity contribution in [3.8, 4) is 0 Å². The molecule has 0 fully saturated rings. The summed E-state index contributed by atoms with van der Waals surface area (Å²) in [5.41, 5.74) is 0.0325. The molecule has 0 aliphatic rings. The molecule has 0 saturated carbocycles. The molecule has 0 spiro atoms. The third-order valence-corrected chi connectivity index (χ3v) is 2.58. The number of hydrogen-bond donors (Lipinski definition) is 1. The molecule has 102 valence electrons. The van der Waals surface area contributed by atoms with Gasteiger partial charge in [-0.2, -0.15) is 13.2 Å². The highest BCUT2D eigenvalue weighted by Crippen LogP contribution is 2.26. The van der Waals surface area contributed by atoms with E-state index in [1.165, 1.54) is 0 Å². The van der Waals surface area contributed by atoms with Crippen LogP contribution in [0.25, 0.3) is 11.0 Å². The van der Waals surface area contributed by atoms with Gasteiger partial charge in [0.25, 0.3) is 0 Å². The summed E-state index contributed by atoms with van der Waals surface area (Å²) >= 11 is 0. The van der Waals surface area contributed by atoms with E-state index in [1.807, 2.05) is 0 Å². The number of fused-ring (bicyclic) bond motifs is 1. The lowest BCUT2D eigenvalue weighted by Gasteiger charge is -2.07. The lowest BCUT2D eigenvalue weighted by atomic mass is 10.1. The second-order valence-electron chi connectivity index (χ2n) is 3.94. The quantitative estimate of drug-likeness (QED) is 0.857. The van der Waals surface area contributed by atoms with Gasteiger partial charge in [0, 0.05) is 12.5 Å². The Morgan fingerprint density at radius 2 is 2.05 bits per heavy atom. The molecule has 1 aromatic heterocycles. The van der Waals surface area contributed by atoms with E-state index in [2.05, 4.69) is 4.98 Å². The van der Waals surface area contributed by atoms with Crippen molar-refractivity contribution in [2.75, 3.05) is 0 Å². The van der Waals surface area contributed by atoms with Crippen LogP contribution in [0.1, 0.15) is 12.0 Å². The molecule has 0 aliphatic carbocycles. The Balaban J connectivity index is 2.47. The average Bonchev–Trinajstić information content (AvgIpc) is 2.68. The minimum absolute atomic E-state index is 0.0346. The van der Waals surface area contributed by atoms with Crippen LogP contribution in [0.4, 0.5) is 22.4 Å². The Labute approximate surface area is 104 Å². The van der Waals surface area contributed by atoms with Crippen molar-refractivity contribution >= 4 is 17.1 Å². The number of rotatable bonds is 2. The maximum Gasteiger partial charge on any atom is 0.417 e. The van der Waals surface area contributed by atoms with E-state index < -0.39 is 30.9 Å². The van der Waals surface area contributed by atoms with Crippen molar-refractivity contribution in [2.45, 2.75) is 19.0 Å². The van der Waals surface area contributed by atoms with Crippen LogP contribution in [0, 0.1) is 5.82 Å². The molecule has 1 aromatic carbocycles. The van der Waals surface area contributed by atoms with Crippen molar-refractivity contribution in [1.29, 1.82) is 0 Å². The maximum absolute atomic E-state index is 13.3. The van der Waals surface area contributed by atoms with Gasteiger partial charge in [0.2, 0.25) is 0 Å². The second kappa shape index (κ2) is 4.52. The molecule has 0 aliphatic heterocycles. The topological polar surface area (TPSA) is 55.1 Å². The Kier molecular flexibility index (Phi) is 3.17. The Morgan fingerprint density at radius 3 is 2.63 bits per heavy atom. The van der Waals surface area contributed by atoms with E-state index >= 15 is 0 Å². The minimum Gasteiger partial charge on any atom is -0.464 e. The summed E-state index contributed by atoms with van der Waals surface area (Å²) in [4.78, 5) is 14.6. The molecule has 0 atom stereocenters. The highest BCUT2D eigenvalue weighted by atomic mass is 19.4. The maximum atomic E-state index is 13.3. The fourth-order valence-corrected chi connectivity index (χ4v) is 1.77. The summed E-state index contributed by atoms with van der Waals surface area (Å²) in [5.74, 6) is -0.798. The van der Waals surface area contributed by atoms with Crippen LogP contribution in [0.5, 0.6) is 0 Å². The molecular formula is C11H8F4N2O2. The molecule has 0 amide bonds. The molecule has 19 heavy (non-hydrogen) atoms. The third kappa shape index (κ3) is 2.83. The Bertz CT molecular complexity index is 633. The first-order valence-corrected chi connectivity index (χ1v) is 5.23. The van der Waals surface area contributed by atoms with Crippen LogP contribution in [0.15, 0.2) is 18.5 Å². The van der Waals surface area contributed by atoms with Gasteiger partial charge in [-0.15, -0.1) is 0 Å². The smallest absolute Gasteiger partial charge is 0.417 e. The van der Waals surface area contributed by atoms with Crippen molar-refractivity contribution in [1.82, 2.24) is 9.55 Å². The normalized spacial score (nSPS) is 12.0. The number of halogens is 4. The summed E-state index contributed by atoms with van der Waals surface area (Å²) in [6, 6.07) is 1.86. The van der Waals surface area contributed by atoms with Crippen LogP contribution < -0.4 is 0 Å². The van der Waals surface area contributed by atoms with Crippen molar-refractivity contribution in [2.24, 2.45) is 0 Å². The lowest BCUT2D eigenvalue weighted by molar-refractivity contribution is -0.133. The number of hydrogen-bond acceptors (Lipinski definition) is 2. The van der Waals surface area contributed by atoms with Gasteiger partial charge in [0.05, 0.1) is 11.0 Å². The van der Waals surface area contributed by atoms with Gasteiger partial charge in [0.15, 0.2) is 0 Å². The average molecular weight is 276 g/mol. The molecular weight excluding hydrogens is 268 g/mol. The van der Waals surface area contributed by atoms with Crippen molar-refractivity contribution in [3.05, 3.63) is 29.8 Å². The number of nitrogens with zero attached hydrogens (tertiary/aromatic N) is 2. The predicted octanol–water partition coefficient (Wildman–Crippen LogP) is 3.20. The molecule has 8 heteroatoms. The van der Waals surface area contributed by atoms with Crippen LogP contribution in [0.3, 0.4) is 0 Å². The highest BCUT2D eigenvalue weighted by Gasteiger charge is 2.27.